The molecule has 0 aromatic carbocycles. The summed E-state index contributed by atoms with van der Waals surface area (Å²) in [5, 5.41) is 8.97. The quantitative estimate of drug-likeness (QED) is 0.767. The summed E-state index contributed by atoms with van der Waals surface area (Å²) in [7, 11) is -3.43. The first-order valence-corrected chi connectivity index (χ1v) is 7.70. The second kappa shape index (κ2) is 5.99. The van der Waals surface area contributed by atoms with Crippen LogP contribution in [0.25, 0.3) is 0 Å². The molecule has 0 amide bonds. The summed E-state index contributed by atoms with van der Waals surface area (Å²) < 4.78 is 30.6. The van der Waals surface area contributed by atoms with Gasteiger partial charge in [0.05, 0.1) is 24.4 Å². The SMILES string of the molecule is CC(C)OCCS(=O)(=O)N1CCC(C(=O)O)C1C. The smallest absolute Gasteiger partial charge is 0.308 e. The Labute approximate surface area is 108 Å². The molecular weight excluding hydrogens is 258 g/mol. The lowest BCUT2D eigenvalue weighted by atomic mass is 10.0. The van der Waals surface area contributed by atoms with Crippen molar-refractivity contribution in [2.75, 3.05) is 18.9 Å². The lowest BCUT2D eigenvalue weighted by molar-refractivity contribution is -0.142. The van der Waals surface area contributed by atoms with Crippen molar-refractivity contribution >= 4 is 16.0 Å². The maximum absolute atomic E-state index is 12.0. The number of ether oxygens (including phenoxy) is 1. The average molecular weight is 279 g/mol. The van der Waals surface area contributed by atoms with Crippen molar-refractivity contribution in [1.29, 1.82) is 0 Å². The van der Waals surface area contributed by atoms with Crippen molar-refractivity contribution in [3.05, 3.63) is 0 Å². The number of hydrogen-bond donors (Lipinski definition) is 1. The van der Waals surface area contributed by atoms with E-state index in [2.05, 4.69) is 0 Å². The summed E-state index contributed by atoms with van der Waals surface area (Å²) in [6.45, 7) is 5.74. The van der Waals surface area contributed by atoms with Crippen LogP contribution in [-0.2, 0) is 19.6 Å². The molecule has 0 spiro atoms. The van der Waals surface area contributed by atoms with Crippen LogP contribution in [0.15, 0.2) is 0 Å². The molecule has 6 nitrogen and oxygen atoms in total. The van der Waals surface area contributed by atoms with Crippen molar-refractivity contribution in [3.8, 4) is 0 Å². The van der Waals surface area contributed by atoms with E-state index in [0.29, 0.717) is 6.42 Å². The Morgan fingerprint density at radius 2 is 2.11 bits per heavy atom. The molecule has 0 saturated carbocycles. The summed E-state index contributed by atoms with van der Waals surface area (Å²) in [6.07, 6.45) is 0.365. The van der Waals surface area contributed by atoms with E-state index < -0.39 is 28.0 Å². The maximum atomic E-state index is 12.0. The minimum Gasteiger partial charge on any atom is -0.481 e. The Morgan fingerprint density at radius 1 is 1.50 bits per heavy atom. The third kappa shape index (κ3) is 3.66. The fourth-order valence-electron chi connectivity index (χ4n) is 2.14. The molecule has 106 valence electrons. The molecule has 1 rings (SSSR count). The number of carboxylic acids is 1. The summed E-state index contributed by atoms with van der Waals surface area (Å²) in [4.78, 5) is 10.9. The van der Waals surface area contributed by atoms with Gasteiger partial charge in [0.1, 0.15) is 0 Å². The van der Waals surface area contributed by atoms with Crippen LogP contribution >= 0.6 is 0 Å². The molecule has 0 aliphatic carbocycles. The van der Waals surface area contributed by atoms with E-state index in [0.717, 1.165) is 0 Å². The number of hydrogen-bond acceptors (Lipinski definition) is 4. The van der Waals surface area contributed by atoms with Gasteiger partial charge in [0.25, 0.3) is 0 Å². The van der Waals surface area contributed by atoms with Crippen molar-refractivity contribution < 1.29 is 23.1 Å². The summed E-state index contributed by atoms with van der Waals surface area (Å²) in [5.41, 5.74) is 0. The first kappa shape index (κ1) is 15.4. The standard InChI is InChI=1S/C11H21NO5S/c1-8(2)17-6-7-18(15,16)12-5-4-10(9(12)3)11(13)14/h8-10H,4-7H2,1-3H3,(H,13,14). The van der Waals surface area contributed by atoms with E-state index in [9.17, 15) is 13.2 Å². The average Bonchev–Trinajstić information content (AvgIpc) is 2.59. The zero-order valence-electron chi connectivity index (χ0n) is 11.0. The molecule has 7 heteroatoms. The predicted octanol–water partition coefficient (Wildman–Crippen LogP) is 0.536. The molecule has 1 aliphatic rings. The van der Waals surface area contributed by atoms with Gasteiger partial charge in [-0.15, -0.1) is 0 Å². The fourth-order valence-corrected chi connectivity index (χ4v) is 3.72. The highest BCUT2D eigenvalue weighted by atomic mass is 32.2. The number of carbonyl (C=O) groups is 1. The van der Waals surface area contributed by atoms with Crippen LogP contribution in [0.2, 0.25) is 0 Å². The van der Waals surface area contributed by atoms with Crippen LogP contribution in [0.5, 0.6) is 0 Å². The molecule has 2 unspecified atom stereocenters. The lowest BCUT2D eigenvalue weighted by Gasteiger charge is -2.22. The first-order valence-electron chi connectivity index (χ1n) is 6.09. The van der Waals surface area contributed by atoms with Gasteiger partial charge in [-0.05, 0) is 27.2 Å². The molecule has 0 radical (unpaired) electrons. The van der Waals surface area contributed by atoms with Crippen LogP contribution in [0, 0.1) is 5.92 Å². The van der Waals surface area contributed by atoms with Gasteiger partial charge in [0.2, 0.25) is 10.0 Å². The van der Waals surface area contributed by atoms with Gasteiger partial charge in [-0.2, -0.15) is 4.31 Å². The van der Waals surface area contributed by atoms with Gasteiger partial charge in [-0.1, -0.05) is 0 Å². The highest BCUT2D eigenvalue weighted by Crippen LogP contribution is 2.27. The Morgan fingerprint density at radius 3 is 2.56 bits per heavy atom. The Balaban J connectivity index is 2.61. The van der Waals surface area contributed by atoms with Crippen LogP contribution in [0.1, 0.15) is 27.2 Å². The number of sulfonamides is 1. The van der Waals surface area contributed by atoms with Gasteiger partial charge < -0.3 is 9.84 Å². The van der Waals surface area contributed by atoms with Crippen molar-refractivity contribution in [1.82, 2.24) is 4.31 Å². The molecular formula is C11H21NO5S. The summed E-state index contributed by atoms with van der Waals surface area (Å²) in [6, 6.07) is -0.480. The molecule has 0 bridgehead atoms. The summed E-state index contributed by atoms with van der Waals surface area (Å²) >= 11 is 0. The molecule has 1 saturated heterocycles. The molecule has 1 fully saturated rings. The van der Waals surface area contributed by atoms with E-state index in [1.165, 1.54) is 4.31 Å². The highest BCUT2D eigenvalue weighted by Gasteiger charge is 2.41. The van der Waals surface area contributed by atoms with E-state index >= 15 is 0 Å². The van der Waals surface area contributed by atoms with E-state index in [1.54, 1.807) is 6.92 Å². The van der Waals surface area contributed by atoms with Gasteiger partial charge in [0.15, 0.2) is 0 Å². The van der Waals surface area contributed by atoms with E-state index in [1.807, 2.05) is 13.8 Å². The second-order valence-corrected chi connectivity index (χ2v) is 6.86. The van der Waals surface area contributed by atoms with Crippen LogP contribution in [0.3, 0.4) is 0 Å². The molecule has 1 heterocycles. The van der Waals surface area contributed by atoms with Gasteiger partial charge in [-0.25, -0.2) is 8.42 Å². The third-order valence-electron chi connectivity index (χ3n) is 3.16. The van der Waals surface area contributed by atoms with Gasteiger partial charge in [-0.3, -0.25) is 4.79 Å². The normalized spacial score (nSPS) is 25.8. The Kier molecular flexibility index (Phi) is 5.12. The zero-order valence-corrected chi connectivity index (χ0v) is 11.8. The molecule has 2 atom stereocenters. The lowest BCUT2D eigenvalue weighted by Crippen LogP contribution is -2.39. The molecule has 18 heavy (non-hydrogen) atoms. The summed E-state index contributed by atoms with van der Waals surface area (Å²) in [5.74, 6) is -1.63. The number of rotatable bonds is 6. The number of aliphatic carboxylic acids is 1. The Hall–Kier alpha value is -0.660. The minimum atomic E-state index is -3.43. The topological polar surface area (TPSA) is 83.9 Å². The Bertz CT molecular complexity index is 392. The monoisotopic (exact) mass is 279 g/mol. The highest BCUT2D eigenvalue weighted by molar-refractivity contribution is 7.89. The zero-order chi connectivity index (χ0) is 13.9. The fraction of sp³-hybridized carbons (Fsp3) is 0.909. The second-order valence-electron chi connectivity index (χ2n) is 4.82. The third-order valence-corrected chi connectivity index (χ3v) is 5.08. The number of nitrogens with zero attached hydrogens (tertiary/aromatic N) is 1. The van der Waals surface area contributed by atoms with Crippen molar-refractivity contribution in [2.45, 2.75) is 39.3 Å². The largest absolute Gasteiger partial charge is 0.481 e. The first-order chi connectivity index (χ1) is 8.25. The number of carboxylic acid groups (broad SMARTS) is 1. The predicted molar refractivity (Wildman–Crippen MR) is 66.8 cm³/mol. The van der Waals surface area contributed by atoms with E-state index in [4.69, 9.17) is 9.84 Å². The van der Waals surface area contributed by atoms with Crippen LogP contribution in [-0.4, -0.2) is 54.8 Å². The van der Waals surface area contributed by atoms with E-state index in [-0.39, 0.29) is 25.0 Å². The molecule has 1 aliphatic heterocycles. The van der Waals surface area contributed by atoms with Gasteiger partial charge >= 0.3 is 5.97 Å². The van der Waals surface area contributed by atoms with Crippen molar-refractivity contribution in [3.63, 3.8) is 0 Å². The maximum Gasteiger partial charge on any atom is 0.308 e. The molecule has 1 N–H and O–H groups in total. The van der Waals surface area contributed by atoms with Crippen LogP contribution in [0.4, 0.5) is 0 Å². The molecule has 0 aromatic heterocycles. The van der Waals surface area contributed by atoms with Crippen molar-refractivity contribution in [2.24, 2.45) is 5.92 Å². The van der Waals surface area contributed by atoms with Crippen LogP contribution < -0.4 is 0 Å². The minimum absolute atomic E-state index is 0.0111. The molecule has 0 aromatic rings. The van der Waals surface area contributed by atoms with Gasteiger partial charge in [0, 0.05) is 12.6 Å².